The molecule has 1 rings (SSSR count). The van der Waals surface area contributed by atoms with Crippen molar-refractivity contribution >= 4 is 17.6 Å². The summed E-state index contributed by atoms with van der Waals surface area (Å²) in [6, 6.07) is 3.62. The second kappa shape index (κ2) is 5.92. The van der Waals surface area contributed by atoms with E-state index in [1.165, 1.54) is 7.11 Å². The summed E-state index contributed by atoms with van der Waals surface area (Å²) in [7, 11) is 2.96. The molecule has 0 bridgehead atoms. The summed E-state index contributed by atoms with van der Waals surface area (Å²) < 4.78 is 9.93. The molecule has 3 nitrogen and oxygen atoms in total. The molecule has 0 fully saturated rings. The molecule has 1 aromatic rings. The van der Waals surface area contributed by atoms with Gasteiger partial charge >= 0.3 is 5.97 Å². The van der Waals surface area contributed by atoms with Crippen LogP contribution in [0.1, 0.15) is 30.4 Å². The van der Waals surface area contributed by atoms with Crippen molar-refractivity contribution in [2.24, 2.45) is 0 Å². The average Bonchev–Trinajstić information content (AvgIpc) is 2.33. The highest BCUT2D eigenvalue weighted by Crippen LogP contribution is 2.33. The largest absolute Gasteiger partial charge is 0.495 e. The maximum absolute atomic E-state index is 11.7. The van der Waals surface area contributed by atoms with Gasteiger partial charge in [-0.25, -0.2) is 0 Å². The van der Waals surface area contributed by atoms with E-state index in [-0.39, 0.29) is 11.9 Å². The summed E-state index contributed by atoms with van der Waals surface area (Å²) in [4.78, 5) is 11.7. The maximum atomic E-state index is 11.7. The molecule has 0 aliphatic heterocycles. The van der Waals surface area contributed by atoms with Gasteiger partial charge in [-0.3, -0.25) is 4.79 Å². The van der Waals surface area contributed by atoms with Crippen LogP contribution in [-0.4, -0.2) is 20.2 Å². The SMILES string of the molecule is CCC(C(=O)OC)c1cc(Cl)c(OC)cc1C. The van der Waals surface area contributed by atoms with Crippen LogP contribution in [0.15, 0.2) is 12.1 Å². The van der Waals surface area contributed by atoms with Crippen LogP contribution >= 0.6 is 11.6 Å². The second-order valence-corrected chi connectivity index (χ2v) is 4.23. The molecule has 94 valence electrons. The van der Waals surface area contributed by atoms with E-state index in [1.807, 2.05) is 19.9 Å². The van der Waals surface area contributed by atoms with Crippen molar-refractivity contribution in [3.8, 4) is 5.75 Å². The fourth-order valence-corrected chi connectivity index (χ4v) is 2.11. The third kappa shape index (κ3) is 2.91. The van der Waals surface area contributed by atoms with Gasteiger partial charge in [0.05, 0.1) is 25.2 Å². The summed E-state index contributed by atoms with van der Waals surface area (Å²) in [5, 5.41) is 0.510. The molecule has 0 N–H and O–H groups in total. The van der Waals surface area contributed by atoms with Gasteiger partial charge in [0, 0.05) is 0 Å². The van der Waals surface area contributed by atoms with E-state index in [1.54, 1.807) is 13.2 Å². The van der Waals surface area contributed by atoms with Crippen LogP contribution in [0.5, 0.6) is 5.75 Å². The van der Waals surface area contributed by atoms with Gasteiger partial charge in [0.25, 0.3) is 0 Å². The number of rotatable bonds is 4. The highest BCUT2D eigenvalue weighted by atomic mass is 35.5. The number of halogens is 1. The Kier molecular flexibility index (Phi) is 4.82. The van der Waals surface area contributed by atoms with Crippen molar-refractivity contribution in [2.45, 2.75) is 26.2 Å². The average molecular weight is 257 g/mol. The lowest BCUT2D eigenvalue weighted by molar-refractivity contribution is -0.142. The van der Waals surface area contributed by atoms with Crippen molar-refractivity contribution in [1.29, 1.82) is 0 Å². The molecule has 0 amide bonds. The quantitative estimate of drug-likeness (QED) is 0.776. The second-order valence-electron chi connectivity index (χ2n) is 3.83. The van der Waals surface area contributed by atoms with Crippen LogP contribution < -0.4 is 4.74 Å². The standard InChI is InChI=1S/C13H17ClO3/c1-5-9(13(15)17-4)10-7-11(14)12(16-3)6-8(10)2/h6-7,9H,5H2,1-4H3. The van der Waals surface area contributed by atoms with Crippen molar-refractivity contribution < 1.29 is 14.3 Å². The van der Waals surface area contributed by atoms with E-state index >= 15 is 0 Å². The van der Waals surface area contributed by atoms with E-state index in [2.05, 4.69) is 0 Å². The molecular formula is C13H17ClO3. The Morgan fingerprint density at radius 1 is 1.41 bits per heavy atom. The number of carbonyl (C=O) groups excluding carboxylic acids is 1. The first-order chi connectivity index (χ1) is 8.04. The van der Waals surface area contributed by atoms with Gasteiger partial charge in [-0.1, -0.05) is 18.5 Å². The van der Waals surface area contributed by atoms with E-state index < -0.39 is 0 Å². The minimum Gasteiger partial charge on any atom is -0.495 e. The fraction of sp³-hybridized carbons (Fsp3) is 0.462. The van der Waals surface area contributed by atoms with E-state index in [9.17, 15) is 4.79 Å². The third-order valence-electron chi connectivity index (χ3n) is 2.81. The number of ether oxygens (including phenoxy) is 2. The molecule has 1 atom stereocenters. The topological polar surface area (TPSA) is 35.5 Å². The summed E-state index contributed by atoms with van der Waals surface area (Å²) in [5.74, 6) is 0.105. The van der Waals surface area contributed by atoms with Crippen LogP contribution in [0.3, 0.4) is 0 Å². The lowest BCUT2D eigenvalue weighted by Crippen LogP contribution is -2.14. The van der Waals surface area contributed by atoms with E-state index in [0.717, 1.165) is 11.1 Å². The zero-order chi connectivity index (χ0) is 13.0. The molecule has 0 radical (unpaired) electrons. The predicted octanol–water partition coefficient (Wildman–Crippen LogP) is 3.32. The van der Waals surface area contributed by atoms with Gasteiger partial charge in [0.2, 0.25) is 0 Å². The van der Waals surface area contributed by atoms with Crippen LogP contribution in [0.4, 0.5) is 0 Å². The Hall–Kier alpha value is -1.22. The van der Waals surface area contributed by atoms with Gasteiger partial charge in [-0.15, -0.1) is 0 Å². The van der Waals surface area contributed by atoms with Crippen molar-refractivity contribution in [3.05, 3.63) is 28.3 Å². The smallest absolute Gasteiger partial charge is 0.313 e. The molecule has 0 aliphatic rings. The van der Waals surface area contributed by atoms with Crippen LogP contribution in [-0.2, 0) is 9.53 Å². The normalized spacial score (nSPS) is 12.1. The van der Waals surface area contributed by atoms with Gasteiger partial charge in [0.1, 0.15) is 5.75 Å². The molecule has 0 heterocycles. The summed E-state index contributed by atoms with van der Waals surface area (Å²) in [6.45, 7) is 3.87. The number of hydrogen-bond donors (Lipinski definition) is 0. The number of esters is 1. The van der Waals surface area contributed by atoms with Gasteiger partial charge in [-0.05, 0) is 36.6 Å². The number of aryl methyl sites for hydroxylation is 1. The van der Waals surface area contributed by atoms with Crippen molar-refractivity contribution in [3.63, 3.8) is 0 Å². The van der Waals surface area contributed by atoms with Gasteiger partial charge < -0.3 is 9.47 Å². The minimum absolute atomic E-state index is 0.239. The zero-order valence-electron chi connectivity index (χ0n) is 10.5. The molecule has 17 heavy (non-hydrogen) atoms. The van der Waals surface area contributed by atoms with Crippen molar-refractivity contribution in [2.75, 3.05) is 14.2 Å². The molecular weight excluding hydrogens is 240 g/mol. The number of methoxy groups -OCH3 is 2. The maximum Gasteiger partial charge on any atom is 0.313 e. The first-order valence-corrected chi connectivity index (χ1v) is 5.84. The minimum atomic E-state index is -0.275. The Bertz CT molecular complexity index is 415. The van der Waals surface area contributed by atoms with E-state index in [0.29, 0.717) is 17.2 Å². The molecule has 0 aliphatic carbocycles. The highest BCUT2D eigenvalue weighted by Gasteiger charge is 2.22. The highest BCUT2D eigenvalue weighted by molar-refractivity contribution is 6.32. The molecule has 0 aromatic heterocycles. The van der Waals surface area contributed by atoms with Crippen LogP contribution in [0.2, 0.25) is 5.02 Å². The Labute approximate surface area is 107 Å². The molecule has 0 saturated heterocycles. The van der Waals surface area contributed by atoms with Crippen LogP contribution in [0.25, 0.3) is 0 Å². The monoisotopic (exact) mass is 256 g/mol. The zero-order valence-corrected chi connectivity index (χ0v) is 11.3. The third-order valence-corrected chi connectivity index (χ3v) is 3.11. The fourth-order valence-electron chi connectivity index (χ4n) is 1.86. The van der Waals surface area contributed by atoms with E-state index in [4.69, 9.17) is 21.1 Å². The first-order valence-electron chi connectivity index (χ1n) is 5.47. The first kappa shape index (κ1) is 13.8. The van der Waals surface area contributed by atoms with Crippen molar-refractivity contribution in [1.82, 2.24) is 0 Å². The molecule has 0 saturated carbocycles. The summed E-state index contributed by atoms with van der Waals surface area (Å²) >= 11 is 6.07. The molecule has 1 aromatic carbocycles. The number of carbonyl (C=O) groups is 1. The Balaban J connectivity index is 3.21. The lowest BCUT2D eigenvalue weighted by atomic mass is 9.92. The molecule has 0 spiro atoms. The Morgan fingerprint density at radius 3 is 2.53 bits per heavy atom. The summed E-state index contributed by atoms with van der Waals surface area (Å²) in [6.07, 6.45) is 0.677. The van der Waals surface area contributed by atoms with Gasteiger partial charge in [-0.2, -0.15) is 0 Å². The van der Waals surface area contributed by atoms with Crippen LogP contribution in [0, 0.1) is 6.92 Å². The Morgan fingerprint density at radius 2 is 2.06 bits per heavy atom. The van der Waals surface area contributed by atoms with Gasteiger partial charge in [0.15, 0.2) is 0 Å². The predicted molar refractivity (Wildman–Crippen MR) is 67.8 cm³/mol. The number of hydrogen-bond acceptors (Lipinski definition) is 3. The molecule has 4 heteroatoms. The lowest BCUT2D eigenvalue weighted by Gasteiger charge is -2.17. The summed E-state index contributed by atoms with van der Waals surface area (Å²) in [5.41, 5.74) is 1.87. The number of benzene rings is 1. The molecule has 1 unspecified atom stereocenters.